The second-order valence-corrected chi connectivity index (χ2v) is 7.09. The number of hydrogen-bond acceptors (Lipinski definition) is 2. The third-order valence-corrected chi connectivity index (χ3v) is 4.91. The number of sulfone groups is 1. The van der Waals surface area contributed by atoms with Crippen LogP contribution in [0.25, 0.3) is 5.57 Å². The molecule has 2 aromatic rings. The molecular weight excluding hydrogens is 324 g/mol. The average Bonchev–Trinajstić information content (AvgIpc) is 2.39. The highest BCUT2D eigenvalue weighted by Gasteiger charge is 2.16. The SMILES string of the molecule is C=C(CS(=O)(=O)c1ccccc1)c1cccc(Br)c1. The Morgan fingerprint density at radius 3 is 2.37 bits per heavy atom. The molecule has 4 heteroatoms. The van der Waals surface area contributed by atoms with Crippen molar-refractivity contribution in [1.29, 1.82) is 0 Å². The molecule has 0 aromatic heterocycles. The summed E-state index contributed by atoms with van der Waals surface area (Å²) in [6, 6.07) is 15.9. The minimum absolute atomic E-state index is 0.0759. The summed E-state index contributed by atoms with van der Waals surface area (Å²) in [5, 5.41) is 0. The molecule has 0 amide bonds. The van der Waals surface area contributed by atoms with E-state index in [0.717, 1.165) is 10.0 Å². The van der Waals surface area contributed by atoms with Gasteiger partial charge in [0.1, 0.15) is 0 Å². The van der Waals surface area contributed by atoms with Crippen molar-refractivity contribution in [3.05, 3.63) is 71.2 Å². The van der Waals surface area contributed by atoms with E-state index in [1.165, 1.54) is 0 Å². The van der Waals surface area contributed by atoms with Crippen molar-refractivity contribution in [3.63, 3.8) is 0 Å². The van der Waals surface area contributed by atoms with E-state index in [-0.39, 0.29) is 5.75 Å². The quantitative estimate of drug-likeness (QED) is 0.847. The van der Waals surface area contributed by atoms with E-state index >= 15 is 0 Å². The minimum Gasteiger partial charge on any atom is -0.223 e. The largest absolute Gasteiger partial charge is 0.223 e. The lowest BCUT2D eigenvalue weighted by Gasteiger charge is -2.08. The molecule has 19 heavy (non-hydrogen) atoms. The van der Waals surface area contributed by atoms with Gasteiger partial charge in [-0.2, -0.15) is 0 Å². The van der Waals surface area contributed by atoms with Crippen molar-refractivity contribution < 1.29 is 8.42 Å². The second-order valence-electron chi connectivity index (χ2n) is 4.19. The van der Waals surface area contributed by atoms with Gasteiger partial charge >= 0.3 is 0 Å². The van der Waals surface area contributed by atoms with Crippen molar-refractivity contribution in [2.24, 2.45) is 0 Å². The summed E-state index contributed by atoms with van der Waals surface area (Å²) in [4.78, 5) is 0.325. The molecule has 2 rings (SSSR count). The lowest BCUT2D eigenvalue weighted by Crippen LogP contribution is -2.08. The maximum atomic E-state index is 12.2. The molecule has 0 heterocycles. The Balaban J connectivity index is 2.24. The Hall–Kier alpha value is -1.39. The van der Waals surface area contributed by atoms with Gasteiger partial charge < -0.3 is 0 Å². The van der Waals surface area contributed by atoms with Crippen molar-refractivity contribution in [1.82, 2.24) is 0 Å². The zero-order chi connectivity index (χ0) is 13.9. The molecule has 0 aliphatic rings. The van der Waals surface area contributed by atoms with E-state index in [0.29, 0.717) is 10.5 Å². The number of benzene rings is 2. The number of rotatable bonds is 4. The topological polar surface area (TPSA) is 34.1 Å². The normalized spacial score (nSPS) is 11.2. The van der Waals surface area contributed by atoms with Gasteiger partial charge in [-0.1, -0.05) is 52.8 Å². The van der Waals surface area contributed by atoms with Crippen LogP contribution in [-0.2, 0) is 9.84 Å². The first-order valence-corrected chi connectivity index (χ1v) is 8.15. The Labute approximate surface area is 121 Å². The van der Waals surface area contributed by atoms with E-state index in [2.05, 4.69) is 22.5 Å². The fourth-order valence-electron chi connectivity index (χ4n) is 1.73. The van der Waals surface area contributed by atoms with Crippen LogP contribution in [-0.4, -0.2) is 14.2 Å². The van der Waals surface area contributed by atoms with Crippen LogP contribution < -0.4 is 0 Å². The molecule has 0 bridgehead atoms. The number of hydrogen-bond donors (Lipinski definition) is 0. The van der Waals surface area contributed by atoms with Gasteiger partial charge in [0.25, 0.3) is 0 Å². The van der Waals surface area contributed by atoms with Gasteiger partial charge in [-0.15, -0.1) is 0 Å². The van der Waals surface area contributed by atoms with E-state index in [1.807, 2.05) is 24.3 Å². The van der Waals surface area contributed by atoms with Crippen LogP contribution in [0, 0.1) is 0 Å². The Morgan fingerprint density at radius 1 is 1.05 bits per heavy atom. The molecule has 0 saturated carbocycles. The monoisotopic (exact) mass is 336 g/mol. The van der Waals surface area contributed by atoms with Gasteiger partial charge in [-0.25, -0.2) is 8.42 Å². The molecular formula is C15H13BrO2S. The molecule has 0 fully saturated rings. The van der Waals surface area contributed by atoms with Gasteiger partial charge in [0.05, 0.1) is 10.6 Å². The molecule has 0 spiro atoms. The summed E-state index contributed by atoms with van der Waals surface area (Å²) in [6.45, 7) is 3.88. The van der Waals surface area contributed by atoms with Crippen LogP contribution in [0.1, 0.15) is 5.56 Å². The fraction of sp³-hybridized carbons (Fsp3) is 0.0667. The maximum absolute atomic E-state index is 12.2. The van der Waals surface area contributed by atoms with Gasteiger partial charge in [-0.3, -0.25) is 0 Å². The average molecular weight is 337 g/mol. The van der Waals surface area contributed by atoms with Crippen LogP contribution in [0.5, 0.6) is 0 Å². The summed E-state index contributed by atoms with van der Waals surface area (Å²) in [7, 11) is -3.34. The van der Waals surface area contributed by atoms with Gasteiger partial charge in [-0.05, 0) is 35.4 Å². The standard InChI is InChI=1S/C15H13BrO2S/c1-12(13-6-5-7-14(16)10-13)11-19(17,18)15-8-3-2-4-9-15/h2-10H,1,11H2. The highest BCUT2D eigenvalue weighted by Crippen LogP contribution is 2.22. The molecule has 0 aliphatic carbocycles. The first-order valence-electron chi connectivity index (χ1n) is 5.70. The summed E-state index contributed by atoms with van der Waals surface area (Å²) in [5.41, 5.74) is 1.42. The van der Waals surface area contributed by atoms with E-state index in [1.54, 1.807) is 30.3 Å². The minimum atomic E-state index is -3.34. The zero-order valence-corrected chi connectivity index (χ0v) is 12.6. The van der Waals surface area contributed by atoms with Gasteiger partial charge in [0.2, 0.25) is 0 Å². The molecule has 0 atom stereocenters. The van der Waals surface area contributed by atoms with Gasteiger partial charge in [0.15, 0.2) is 9.84 Å². The lowest BCUT2D eigenvalue weighted by molar-refractivity contribution is 0.599. The first kappa shape index (κ1) is 14.0. The molecule has 98 valence electrons. The second kappa shape index (κ2) is 5.72. The molecule has 2 nitrogen and oxygen atoms in total. The molecule has 0 N–H and O–H groups in total. The van der Waals surface area contributed by atoms with Crippen LogP contribution >= 0.6 is 15.9 Å². The molecule has 0 radical (unpaired) electrons. The zero-order valence-electron chi connectivity index (χ0n) is 10.2. The Kier molecular flexibility index (Phi) is 4.22. The highest BCUT2D eigenvalue weighted by molar-refractivity contribution is 9.10. The van der Waals surface area contributed by atoms with Crippen molar-refractivity contribution >= 4 is 31.3 Å². The predicted molar refractivity (Wildman–Crippen MR) is 81.7 cm³/mol. The van der Waals surface area contributed by atoms with E-state index in [4.69, 9.17) is 0 Å². The van der Waals surface area contributed by atoms with E-state index < -0.39 is 9.84 Å². The molecule has 2 aromatic carbocycles. The third-order valence-electron chi connectivity index (χ3n) is 2.70. The first-order chi connectivity index (χ1) is 8.99. The fourth-order valence-corrected chi connectivity index (χ4v) is 3.50. The van der Waals surface area contributed by atoms with Crippen LogP contribution in [0.3, 0.4) is 0 Å². The molecule has 0 aliphatic heterocycles. The predicted octanol–water partition coefficient (Wildman–Crippen LogP) is 3.94. The highest BCUT2D eigenvalue weighted by atomic mass is 79.9. The Morgan fingerprint density at radius 2 is 1.74 bits per heavy atom. The van der Waals surface area contributed by atoms with Crippen molar-refractivity contribution in [3.8, 4) is 0 Å². The molecule has 0 unspecified atom stereocenters. The van der Waals surface area contributed by atoms with Crippen LogP contribution in [0.4, 0.5) is 0 Å². The number of halogens is 1. The maximum Gasteiger partial charge on any atom is 0.182 e. The van der Waals surface area contributed by atoms with Gasteiger partial charge in [0, 0.05) is 4.47 Å². The van der Waals surface area contributed by atoms with Crippen molar-refractivity contribution in [2.75, 3.05) is 5.75 Å². The summed E-state index contributed by atoms with van der Waals surface area (Å²) in [6.07, 6.45) is 0. The van der Waals surface area contributed by atoms with Crippen molar-refractivity contribution in [2.45, 2.75) is 4.90 Å². The summed E-state index contributed by atoms with van der Waals surface area (Å²) in [5.74, 6) is -0.0759. The summed E-state index contributed by atoms with van der Waals surface area (Å²) < 4.78 is 25.4. The van der Waals surface area contributed by atoms with Crippen LogP contribution in [0.15, 0.2) is 70.5 Å². The molecule has 0 saturated heterocycles. The smallest absolute Gasteiger partial charge is 0.182 e. The van der Waals surface area contributed by atoms with E-state index in [9.17, 15) is 8.42 Å². The third kappa shape index (κ3) is 3.55. The lowest BCUT2D eigenvalue weighted by atomic mass is 10.1. The summed E-state index contributed by atoms with van der Waals surface area (Å²) >= 11 is 3.36. The van der Waals surface area contributed by atoms with Crippen LogP contribution in [0.2, 0.25) is 0 Å². The Bertz CT molecular complexity index is 691.